The van der Waals surface area contributed by atoms with Crippen molar-refractivity contribution in [3.8, 4) is 0 Å². The van der Waals surface area contributed by atoms with Crippen molar-refractivity contribution in [3.05, 3.63) is 65.2 Å². The second-order valence-electron chi connectivity index (χ2n) is 7.69. The average Bonchev–Trinajstić information content (AvgIpc) is 2.77. The Morgan fingerprint density at radius 3 is 2.61 bits per heavy atom. The Labute approximate surface area is 187 Å². The maximum absolute atomic E-state index is 12.3. The Morgan fingerprint density at radius 2 is 1.84 bits per heavy atom. The Morgan fingerprint density at radius 1 is 1.10 bits per heavy atom. The summed E-state index contributed by atoms with van der Waals surface area (Å²) in [6.07, 6.45) is 2.91. The number of rotatable bonds is 8. The monoisotopic (exact) mass is 440 g/mol. The molecular formula is C24H28N2O4S. The lowest BCUT2D eigenvalue weighted by Gasteiger charge is -2.26. The molecule has 164 valence electrons. The predicted molar refractivity (Wildman–Crippen MR) is 123 cm³/mol. The van der Waals surface area contributed by atoms with E-state index in [2.05, 4.69) is 16.7 Å². The molecule has 0 aliphatic heterocycles. The number of hydrogen-bond donors (Lipinski definition) is 2. The van der Waals surface area contributed by atoms with Crippen molar-refractivity contribution in [2.45, 2.75) is 44.4 Å². The lowest BCUT2D eigenvalue weighted by Crippen LogP contribution is -2.35. The number of aryl methyl sites for hydroxylation is 2. The minimum atomic E-state index is -0.549. The fourth-order valence-corrected chi connectivity index (χ4v) is 4.17. The Balaban J connectivity index is 1.38. The van der Waals surface area contributed by atoms with E-state index in [-0.39, 0.29) is 30.2 Å². The van der Waals surface area contributed by atoms with Crippen molar-refractivity contribution >= 4 is 35.2 Å². The van der Waals surface area contributed by atoms with Gasteiger partial charge in [-0.2, -0.15) is 0 Å². The maximum Gasteiger partial charge on any atom is 0.319 e. The molecule has 1 aliphatic rings. The molecule has 0 fully saturated rings. The third-order valence-electron chi connectivity index (χ3n) is 5.18. The van der Waals surface area contributed by atoms with Crippen molar-refractivity contribution in [1.29, 1.82) is 0 Å². The van der Waals surface area contributed by atoms with E-state index >= 15 is 0 Å². The molecule has 6 nitrogen and oxygen atoms in total. The lowest BCUT2D eigenvalue weighted by atomic mass is 9.88. The summed E-state index contributed by atoms with van der Waals surface area (Å²) in [6.45, 7) is 3.32. The molecule has 1 aliphatic carbocycles. The summed E-state index contributed by atoms with van der Waals surface area (Å²) in [6, 6.07) is 15.5. The molecule has 3 rings (SSSR count). The zero-order chi connectivity index (χ0) is 22.2. The Bertz CT molecular complexity index is 929. The Kier molecular flexibility index (Phi) is 8.12. The second kappa shape index (κ2) is 11.0. The van der Waals surface area contributed by atoms with E-state index in [9.17, 15) is 14.4 Å². The largest absolute Gasteiger partial charge is 0.455 e. The molecular weight excluding hydrogens is 412 g/mol. The highest BCUT2D eigenvalue weighted by Crippen LogP contribution is 2.29. The molecule has 7 heteroatoms. The van der Waals surface area contributed by atoms with E-state index in [4.69, 9.17) is 4.74 Å². The van der Waals surface area contributed by atoms with E-state index in [1.807, 2.05) is 49.4 Å². The smallest absolute Gasteiger partial charge is 0.319 e. The molecule has 0 saturated heterocycles. The number of esters is 1. The quantitative estimate of drug-likeness (QED) is 0.610. The van der Waals surface area contributed by atoms with Crippen LogP contribution in [0.3, 0.4) is 0 Å². The maximum atomic E-state index is 12.3. The fourth-order valence-electron chi connectivity index (χ4n) is 3.50. The third kappa shape index (κ3) is 6.85. The van der Waals surface area contributed by atoms with Crippen LogP contribution in [0.25, 0.3) is 0 Å². The molecule has 0 bridgehead atoms. The minimum absolute atomic E-state index is 0.0478. The number of thioether (sulfide) groups is 1. The van der Waals surface area contributed by atoms with Crippen LogP contribution < -0.4 is 10.6 Å². The summed E-state index contributed by atoms with van der Waals surface area (Å²) in [5, 5.41) is 5.21. The van der Waals surface area contributed by atoms with Crippen molar-refractivity contribution < 1.29 is 19.1 Å². The number of nitrogens with one attached hydrogen (secondary N) is 2. The Hall–Kier alpha value is -2.80. The van der Waals surface area contributed by atoms with Gasteiger partial charge in [-0.3, -0.25) is 14.4 Å². The van der Waals surface area contributed by atoms with Crippen molar-refractivity contribution in [3.63, 3.8) is 0 Å². The molecule has 0 radical (unpaired) electrons. The van der Waals surface area contributed by atoms with E-state index in [1.165, 1.54) is 17.3 Å². The van der Waals surface area contributed by atoms with Gasteiger partial charge in [0, 0.05) is 5.69 Å². The highest BCUT2D eigenvalue weighted by molar-refractivity contribution is 8.01. The topological polar surface area (TPSA) is 84.5 Å². The van der Waals surface area contributed by atoms with E-state index in [0.717, 1.165) is 30.4 Å². The van der Waals surface area contributed by atoms with Crippen LogP contribution >= 0.6 is 11.8 Å². The van der Waals surface area contributed by atoms with Gasteiger partial charge in [0.05, 0.1) is 11.8 Å². The van der Waals surface area contributed by atoms with Crippen molar-refractivity contribution in [2.24, 2.45) is 0 Å². The summed E-state index contributed by atoms with van der Waals surface area (Å²) in [5.41, 5.74) is 4.22. The number of carbonyl (C=O) groups is 3. The molecule has 0 aromatic heterocycles. The van der Waals surface area contributed by atoms with Gasteiger partial charge in [0.15, 0.2) is 6.61 Å². The first kappa shape index (κ1) is 22.9. The summed E-state index contributed by atoms with van der Waals surface area (Å²) in [7, 11) is 0. The first-order valence-corrected chi connectivity index (χ1v) is 11.5. The van der Waals surface area contributed by atoms with Crippen LogP contribution in [-0.2, 0) is 25.5 Å². The second-order valence-corrected chi connectivity index (χ2v) is 9.02. The number of benzene rings is 2. The van der Waals surface area contributed by atoms with E-state index in [1.54, 1.807) is 6.92 Å². The molecule has 2 aromatic carbocycles. The van der Waals surface area contributed by atoms with Crippen LogP contribution in [-0.4, -0.2) is 35.4 Å². The summed E-state index contributed by atoms with van der Waals surface area (Å²) in [4.78, 5) is 36.5. The first-order valence-electron chi connectivity index (χ1n) is 10.4. The average molecular weight is 441 g/mol. The molecule has 2 atom stereocenters. The summed E-state index contributed by atoms with van der Waals surface area (Å²) < 4.78 is 5.16. The zero-order valence-electron chi connectivity index (χ0n) is 17.9. The van der Waals surface area contributed by atoms with Crippen LogP contribution in [0.1, 0.15) is 42.5 Å². The van der Waals surface area contributed by atoms with Gasteiger partial charge in [-0.1, -0.05) is 42.0 Å². The van der Waals surface area contributed by atoms with Crippen LogP contribution in [0, 0.1) is 6.92 Å². The van der Waals surface area contributed by atoms with Crippen LogP contribution in [0.15, 0.2) is 48.5 Å². The number of ether oxygens (including phenoxy) is 1. The molecule has 31 heavy (non-hydrogen) atoms. The van der Waals surface area contributed by atoms with E-state index in [0.29, 0.717) is 5.69 Å². The molecule has 0 unspecified atom stereocenters. The van der Waals surface area contributed by atoms with Gasteiger partial charge in [0.1, 0.15) is 5.25 Å². The van der Waals surface area contributed by atoms with Gasteiger partial charge < -0.3 is 15.4 Å². The fraction of sp³-hybridized carbons (Fsp3) is 0.375. The standard InChI is InChI=1S/C24H28N2O4S/c1-16-10-12-19(13-11-16)25-23(28)15-31-17(2)24(29)30-14-22(27)26-21-9-5-7-18-6-3-4-8-20(18)21/h3-4,6,8,10-13,17,21H,5,7,9,14-15H2,1-2H3,(H,25,28)(H,26,27)/t17-,21+/m1/s1. The van der Waals surface area contributed by atoms with Gasteiger partial charge in [-0.15, -0.1) is 11.8 Å². The van der Waals surface area contributed by atoms with Crippen molar-refractivity contribution in [2.75, 3.05) is 17.7 Å². The van der Waals surface area contributed by atoms with E-state index < -0.39 is 11.2 Å². The first-order chi connectivity index (χ1) is 14.9. The van der Waals surface area contributed by atoms with Gasteiger partial charge in [-0.25, -0.2) is 0 Å². The number of carbonyl (C=O) groups excluding carboxylic acids is 3. The molecule has 2 aromatic rings. The highest BCUT2D eigenvalue weighted by atomic mass is 32.2. The van der Waals surface area contributed by atoms with Gasteiger partial charge in [0.2, 0.25) is 5.91 Å². The molecule has 2 amide bonds. The highest BCUT2D eigenvalue weighted by Gasteiger charge is 2.23. The number of fused-ring (bicyclic) bond motifs is 1. The number of amides is 2. The summed E-state index contributed by atoms with van der Waals surface area (Å²) >= 11 is 1.17. The summed E-state index contributed by atoms with van der Waals surface area (Å²) in [5.74, 6) is -0.895. The molecule has 0 heterocycles. The predicted octanol–water partition coefficient (Wildman–Crippen LogP) is 3.79. The van der Waals surface area contributed by atoms with Crippen LogP contribution in [0.5, 0.6) is 0 Å². The van der Waals surface area contributed by atoms with Gasteiger partial charge in [0.25, 0.3) is 5.91 Å². The third-order valence-corrected chi connectivity index (χ3v) is 6.30. The minimum Gasteiger partial charge on any atom is -0.455 e. The van der Waals surface area contributed by atoms with Crippen LogP contribution in [0.4, 0.5) is 5.69 Å². The SMILES string of the molecule is Cc1ccc(NC(=O)CS[C@H](C)C(=O)OCC(=O)N[C@H]2CCCc3ccccc32)cc1. The normalized spacial score (nSPS) is 16.0. The van der Waals surface area contributed by atoms with Gasteiger partial charge >= 0.3 is 5.97 Å². The number of anilines is 1. The number of hydrogen-bond acceptors (Lipinski definition) is 5. The lowest BCUT2D eigenvalue weighted by molar-refractivity contribution is -0.147. The van der Waals surface area contributed by atoms with Crippen molar-refractivity contribution in [1.82, 2.24) is 5.32 Å². The van der Waals surface area contributed by atoms with Gasteiger partial charge in [-0.05, 0) is 56.4 Å². The molecule has 0 saturated carbocycles. The molecule has 2 N–H and O–H groups in total. The zero-order valence-corrected chi connectivity index (χ0v) is 18.7. The van der Waals surface area contributed by atoms with Crippen LogP contribution in [0.2, 0.25) is 0 Å². The molecule has 0 spiro atoms.